The Morgan fingerprint density at radius 1 is 1.04 bits per heavy atom. The fourth-order valence-corrected chi connectivity index (χ4v) is 3.14. The van der Waals surface area contributed by atoms with Gasteiger partial charge in [-0.05, 0) is 36.2 Å². The van der Waals surface area contributed by atoms with E-state index in [1.54, 1.807) is 6.07 Å². The molecule has 0 aliphatic heterocycles. The summed E-state index contributed by atoms with van der Waals surface area (Å²) in [6.07, 6.45) is -3.05. The van der Waals surface area contributed by atoms with Gasteiger partial charge in [0.15, 0.2) is 9.84 Å². The molecule has 134 valence electrons. The minimum atomic E-state index is -4.39. The summed E-state index contributed by atoms with van der Waals surface area (Å²) in [4.78, 5) is 12.1. The molecule has 0 heterocycles. The molecule has 0 radical (unpaired) electrons. The van der Waals surface area contributed by atoms with Gasteiger partial charge in [-0.15, -0.1) is 0 Å². The van der Waals surface area contributed by atoms with Crippen molar-refractivity contribution in [2.75, 3.05) is 12.8 Å². The van der Waals surface area contributed by atoms with Crippen molar-refractivity contribution >= 4 is 15.7 Å². The second kappa shape index (κ2) is 7.26. The van der Waals surface area contributed by atoms with Crippen LogP contribution < -0.4 is 5.32 Å². The zero-order valence-electron chi connectivity index (χ0n) is 13.3. The summed E-state index contributed by atoms with van der Waals surface area (Å²) >= 11 is 0. The molecule has 0 aromatic heterocycles. The quantitative estimate of drug-likeness (QED) is 0.879. The summed E-state index contributed by atoms with van der Waals surface area (Å²) < 4.78 is 60.9. The van der Waals surface area contributed by atoms with Gasteiger partial charge in [0.1, 0.15) is 0 Å². The Morgan fingerprint density at radius 3 is 2.20 bits per heavy atom. The van der Waals surface area contributed by atoms with Crippen molar-refractivity contribution in [3.63, 3.8) is 0 Å². The second-order valence-electron chi connectivity index (χ2n) is 5.47. The van der Waals surface area contributed by atoms with E-state index in [-0.39, 0.29) is 17.0 Å². The lowest BCUT2D eigenvalue weighted by Gasteiger charge is -2.10. The number of sulfone groups is 1. The molecule has 8 heteroatoms. The van der Waals surface area contributed by atoms with Gasteiger partial charge < -0.3 is 5.32 Å². The summed E-state index contributed by atoms with van der Waals surface area (Å²) in [6.45, 7) is 0.169. The molecule has 0 spiro atoms. The van der Waals surface area contributed by atoms with Crippen molar-refractivity contribution in [2.45, 2.75) is 17.5 Å². The maximum atomic E-state index is 12.5. The molecule has 0 saturated carbocycles. The number of benzene rings is 2. The molecule has 4 nitrogen and oxygen atoms in total. The van der Waals surface area contributed by atoms with Crippen molar-refractivity contribution in [1.82, 2.24) is 5.32 Å². The van der Waals surface area contributed by atoms with E-state index in [1.807, 2.05) is 0 Å². The summed E-state index contributed by atoms with van der Waals surface area (Å²) in [6, 6.07) is 10.5. The van der Waals surface area contributed by atoms with Crippen molar-refractivity contribution in [3.05, 3.63) is 65.2 Å². The van der Waals surface area contributed by atoms with E-state index in [1.165, 1.54) is 30.3 Å². The largest absolute Gasteiger partial charge is 0.416 e. The van der Waals surface area contributed by atoms with E-state index in [0.717, 1.165) is 18.4 Å². The molecule has 2 aromatic carbocycles. The number of halogens is 3. The molecule has 0 atom stereocenters. The molecule has 1 N–H and O–H groups in total. The lowest BCUT2D eigenvalue weighted by Crippen LogP contribution is -2.27. The summed E-state index contributed by atoms with van der Waals surface area (Å²) in [7, 11) is -3.54. The number of hydrogen-bond acceptors (Lipinski definition) is 3. The maximum Gasteiger partial charge on any atom is 0.416 e. The van der Waals surface area contributed by atoms with Crippen LogP contribution in [0.5, 0.6) is 0 Å². The first-order valence-corrected chi connectivity index (χ1v) is 9.21. The number of carbonyl (C=O) groups excluding carboxylic acids is 1. The highest BCUT2D eigenvalue weighted by atomic mass is 32.2. The Kier molecular flexibility index (Phi) is 5.52. The average molecular weight is 371 g/mol. The number of alkyl halides is 3. The lowest BCUT2D eigenvalue weighted by atomic mass is 10.1. The molecule has 2 rings (SSSR count). The van der Waals surface area contributed by atoms with Crippen molar-refractivity contribution < 1.29 is 26.4 Å². The van der Waals surface area contributed by atoms with Crippen LogP contribution >= 0.6 is 0 Å². The summed E-state index contributed by atoms with van der Waals surface area (Å²) in [5.41, 5.74) is -0.0653. The lowest BCUT2D eigenvalue weighted by molar-refractivity contribution is -0.137. The molecule has 1 amide bonds. The molecule has 2 aromatic rings. The van der Waals surface area contributed by atoms with Gasteiger partial charge in [-0.3, -0.25) is 4.79 Å². The standard InChI is InChI=1S/C17H16F3NO3S/c1-25(23,24)15-5-3-2-4-14(15)16(22)21-11-10-12-6-8-13(9-7-12)17(18,19)20/h2-9H,10-11H2,1H3,(H,21,22). The Labute approximate surface area is 143 Å². The third kappa shape index (κ3) is 5.06. The van der Waals surface area contributed by atoms with Crippen LogP contribution in [-0.2, 0) is 22.4 Å². The highest BCUT2D eigenvalue weighted by Crippen LogP contribution is 2.29. The van der Waals surface area contributed by atoms with Gasteiger partial charge in [0, 0.05) is 12.8 Å². The molecule has 0 bridgehead atoms. The van der Waals surface area contributed by atoms with E-state index in [0.29, 0.717) is 12.0 Å². The van der Waals surface area contributed by atoms with E-state index >= 15 is 0 Å². The molecular formula is C17H16F3NO3S. The van der Waals surface area contributed by atoms with Crippen LogP contribution in [-0.4, -0.2) is 27.1 Å². The van der Waals surface area contributed by atoms with Gasteiger partial charge >= 0.3 is 6.18 Å². The third-order valence-electron chi connectivity index (χ3n) is 3.51. The van der Waals surface area contributed by atoms with Gasteiger partial charge in [-0.1, -0.05) is 24.3 Å². The Hall–Kier alpha value is -2.35. The molecule has 0 saturated heterocycles. The molecular weight excluding hydrogens is 355 g/mol. The summed E-state index contributed by atoms with van der Waals surface area (Å²) in [5.74, 6) is -0.548. The van der Waals surface area contributed by atoms with Gasteiger partial charge in [0.2, 0.25) is 0 Å². The number of amides is 1. The van der Waals surface area contributed by atoms with Crippen molar-refractivity contribution in [1.29, 1.82) is 0 Å². The topological polar surface area (TPSA) is 63.2 Å². The van der Waals surface area contributed by atoms with Gasteiger partial charge in [-0.2, -0.15) is 13.2 Å². The first-order chi connectivity index (χ1) is 11.6. The van der Waals surface area contributed by atoms with Crippen LogP contribution in [0.3, 0.4) is 0 Å². The normalized spacial score (nSPS) is 12.0. The fourth-order valence-electron chi connectivity index (χ4n) is 2.25. The highest BCUT2D eigenvalue weighted by molar-refractivity contribution is 7.90. The van der Waals surface area contributed by atoms with E-state index in [4.69, 9.17) is 0 Å². The van der Waals surface area contributed by atoms with Crippen LogP contribution in [0.4, 0.5) is 13.2 Å². The highest BCUT2D eigenvalue weighted by Gasteiger charge is 2.29. The molecule has 0 unspecified atom stereocenters. The fraction of sp³-hybridized carbons (Fsp3) is 0.235. The zero-order chi connectivity index (χ0) is 18.7. The molecule has 0 aliphatic rings. The van der Waals surface area contributed by atoms with E-state index in [9.17, 15) is 26.4 Å². The first-order valence-electron chi connectivity index (χ1n) is 7.32. The average Bonchev–Trinajstić information content (AvgIpc) is 2.53. The second-order valence-corrected chi connectivity index (χ2v) is 7.45. The minimum absolute atomic E-state index is 0.0393. The number of nitrogens with one attached hydrogen (secondary N) is 1. The van der Waals surface area contributed by atoms with Crippen LogP contribution in [0.25, 0.3) is 0 Å². The van der Waals surface area contributed by atoms with Crippen LogP contribution in [0.1, 0.15) is 21.5 Å². The predicted octanol–water partition coefficient (Wildman–Crippen LogP) is 3.08. The number of rotatable bonds is 5. The molecule has 0 fully saturated rings. The first kappa shape index (κ1) is 19.0. The maximum absolute atomic E-state index is 12.5. The minimum Gasteiger partial charge on any atom is -0.352 e. The number of hydrogen-bond donors (Lipinski definition) is 1. The summed E-state index contributed by atoms with van der Waals surface area (Å²) in [5, 5.41) is 2.58. The molecule has 25 heavy (non-hydrogen) atoms. The van der Waals surface area contributed by atoms with E-state index < -0.39 is 27.5 Å². The van der Waals surface area contributed by atoms with Gasteiger partial charge in [0.05, 0.1) is 16.0 Å². The number of carbonyl (C=O) groups is 1. The monoisotopic (exact) mass is 371 g/mol. The van der Waals surface area contributed by atoms with Gasteiger partial charge in [0.25, 0.3) is 5.91 Å². The Balaban J connectivity index is 2.00. The van der Waals surface area contributed by atoms with E-state index in [2.05, 4.69) is 5.32 Å². The van der Waals surface area contributed by atoms with Crippen LogP contribution in [0.15, 0.2) is 53.4 Å². The molecule has 0 aliphatic carbocycles. The zero-order valence-corrected chi connectivity index (χ0v) is 14.1. The smallest absolute Gasteiger partial charge is 0.352 e. The predicted molar refractivity (Wildman–Crippen MR) is 87.0 cm³/mol. The SMILES string of the molecule is CS(=O)(=O)c1ccccc1C(=O)NCCc1ccc(C(F)(F)F)cc1. The van der Waals surface area contributed by atoms with Crippen LogP contribution in [0, 0.1) is 0 Å². The van der Waals surface area contributed by atoms with Gasteiger partial charge in [-0.25, -0.2) is 8.42 Å². The van der Waals surface area contributed by atoms with Crippen molar-refractivity contribution in [2.24, 2.45) is 0 Å². The van der Waals surface area contributed by atoms with Crippen LogP contribution in [0.2, 0.25) is 0 Å². The Bertz CT molecular complexity index is 859. The third-order valence-corrected chi connectivity index (χ3v) is 4.67. The van der Waals surface area contributed by atoms with Crippen molar-refractivity contribution in [3.8, 4) is 0 Å². The Morgan fingerprint density at radius 2 is 1.64 bits per heavy atom.